The Morgan fingerprint density at radius 1 is 1.00 bits per heavy atom. The Morgan fingerprint density at radius 2 is 1.68 bits per heavy atom. The molecule has 0 aliphatic heterocycles. The minimum absolute atomic E-state index is 0.0168. The fourth-order valence-corrected chi connectivity index (χ4v) is 3.04. The lowest BCUT2D eigenvalue weighted by molar-refractivity contribution is -0.140. The first-order valence-electron chi connectivity index (χ1n) is 8.31. The smallest absolute Gasteiger partial charge is 0.435 e. The Bertz CT molecular complexity index is 1190. The molecule has 0 aliphatic rings. The van der Waals surface area contributed by atoms with Crippen LogP contribution in [0.5, 0.6) is 5.75 Å². The van der Waals surface area contributed by atoms with Crippen molar-refractivity contribution >= 4 is 5.65 Å². The molecule has 0 atom stereocenters. The molecule has 0 spiro atoms. The van der Waals surface area contributed by atoms with E-state index in [-0.39, 0.29) is 11.2 Å². The van der Waals surface area contributed by atoms with Gasteiger partial charge in [-0.15, -0.1) is 0 Å². The number of benzene rings is 2. The van der Waals surface area contributed by atoms with Gasteiger partial charge in [0.15, 0.2) is 5.69 Å². The van der Waals surface area contributed by atoms with Crippen molar-refractivity contribution in [3.63, 3.8) is 0 Å². The maximum Gasteiger partial charge on any atom is 0.435 e. The van der Waals surface area contributed by atoms with Gasteiger partial charge >= 0.3 is 6.18 Å². The summed E-state index contributed by atoms with van der Waals surface area (Å²) in [6.07, 6.45) is -4.71. The minimum Gasteiger partial charge on any atom is -0.497 e. The largest absolute Gasteiger partial charge is 0.497 e. The van der Waals surface area contributed by atoms with Crippen LogP contribution in [0.2, 0.25) is 0 Å². The summed E-state index contributed by atoms with van der Waals surface area (Å²) >= 11 is 0. The van der Waals surface area contributed by atoms with Gasteiger partial charge in [-0.3, -0.25) is 4.79 Å². The van der Waals surface area contributed by atoms with Crippen molar-refractivity contribution in [2.75, 3.05) is 7.11 Å². The molecule has 0 amide bonds. The molecule has 8 heteroatoms. The first-order chi connectivity index (χ1) is 13.4. The van der Waals surface area contributed by atoms with Crippen molar-refractivity contribution in [3.8, 4) is 28.1 Å². The number of hydrogen-bond donors (Lipinski definition) is 1. The maximum absolute atomic E-state index is 13.6. The van der Waals surface area contributed by atoms with Crippen LogP contribution in [0.25, 0.3) is 28.0 Å². The van der Waals surface area contributed by atoms with Crippen molar-refractivity contribution < 1.29 is 17.9 Å². The number of fused-ring (bicyclic) bond motifs is 1. The molecule has 0 bridgehead atoms. The third-order valence-corrected chi connectivity index (χ3v) is 4.35. The van der Waals surface area contributed by atoms with Crippen LogP contribution in [0, 0.1) is 0 Å². The topological polar surface area (TPSA) is 59.4 Å². The Morgan fingerprint density at radius 3 is 2.29 bits per heavy atom. The van der Waals surface area contributed by atoms with Gasteiger partial charge in [-0.25, -0.2) is 0 Å². The number of aromatic amines is 1. The van der Waals surface area contributed by atoms with E-state index in [2.05, 4.69) is 10.1 Å². The van der Waals surface area contributed by atoms with E-state index < -0.39 is 17.4 Å². The zero-order chi connectivity index (χ0) is 19.9. The summed E-state index contributed by atoms with van der Waals surface area (Å²) in [5.41, 5.74) is -0.629. The van der Waals surface area contributed by atoms with Gasteiger partial charge in [0, 0.05) is 6.07 Å². The summed E-state index contributed by atoms with van der Waals surface area (Å²) in [5.74, 6) is 0.626. The number of hydrogen-bond acceptors (Lipinski definition) is 3. The van der Waals surface area contributed by atoms with Gasteiger partial charge in [0.05, 0.1) is 18.4 Å². The van der Waals surface area contributed by atoms with Crippen LogP contribution < -0.4 is 10.3 Å². The van der Waals surface area contributed by atoms with Gasteiger partial charge in [-0.2, -0.15) is 22.8 Å². The van der Waals surface area contributed by atoms with Gasteiger partial charge in [0.25, 0.3) is 5.56 Å². The average Bonchev–Trinajstić information content (AvgIpc) is 3.09. The van der Waals surface area contributed by atoms with E-state index in [1.807, 2.05) is 0 Å². The predicted molar refractivity (Wildman–Crippen MR) is 98.2 cm³/mol. The number of alkyl halides is 3. The highest BCUT2D eigenvalue weighted by atomic mass is 19.4. The monoisotopic (exact) mass is 385 g/mol. The molecule has 28 heavy (non-hydrogen) atoms. The first kappa shape index (κ1) is 17.8. The number of nitrogens with zero attached hydrogens (tertiary/aromatic N) is 2. The summed E-state index contributed by atoms with van der Waals surface area (Å²) in [4.78, 5) is 15.4. The molecule has 0 aliphatic carbocycles. The van der Waals surface area contributed by atoms with Crippen molar-refractivity contribution in [1.29, 1.82) is 0 Å². The zero-order valence-electron chi connectivity index (χ0n) is 14.6. The second kappa shape index (κ2) is 6.56. The lowest BCUT2D eigenvalue weighted by Crippen LogP contribution is -2.15. The second-order valence-electron chi connectivity index (χ2n) is 6.10. The summed E-state index contributed by atoms with van der Waals surface area (Å²) in [6.45, 7) is 0. The molecule has 0 saturated carbocycles. The number of aromatic nitrogens is 3. The van der Waals surface area contributed by atoms with Crippen LogP contribution in [0.15, 0.2) is 65.5 Å². The summed E-state index contributed by atoms with van der Waals surface area (Å²) in [6, 6.07) is 16.1. The van der Waals surface area contributed by atoms with Crippen LogP contribution >= 0.6 is 0 Å². The zero-order valence-corrected chi connectivity index (χ0v) is 14.6. The van der Waals surface area contributed by atoms with Crippen molar-refractivity contribution in [2.45, 2.75) is 6.18 Å². The fourth-order valence-electron chi connectivity index (χ4n) is 3.04. The highest BCUT2D eigenvalue weighted by Crippen LogP contribution is 2.38. The van der Waals surface area contributed by atoms with E-state index in [1.165, 1.54) is 13.2 Å². The maximum atomic E-state index is 13.6. The number of halogens is 3. The van der Waals surface area contributed by atoms with E-state index in [0.29, 0.717) is 22.6 Å². The summed E-state index contributed by atoms with van der Waals surface area (Å²) in [7, 11) is 1.53. The molecule has 5 nitrogen and oxygen atoms in total. The lowest BCUT2D eigenvalue weighted by Gasteiger charge is -2.07. The molecule has 2 aromatic heterocycles. The van der Waals surface area contributed by atoms with Gasteiger partial charge in [0.1, 0.15) is 11.4 Å². The van der Waals surface area contributed by atoms with Gasteiger partial charge < -0.3 is 9.72 Å². The lowest BCUT2D eigenvalue weighted by atomic mass is 10.1. The standard InChI is InChI=1S/C20H14F3N3O2/c1-28-14-9-7-12(8-10-14)15-11-16(27)26-19(24-15)17(13-5-3-2-4-6-13)18(25-26)20(21,22)23/h2-11,24H,1H3. The SMILES string of the molecule is COc1ccc(-c2cc(=O)n3nc(C(F)(F)F)c(-c4ccccc4)c3[nH]2)cc1. The molecular weight excluding hydrogens is 371 g/mol. The number of H-pyrrole nitrogens is 1. The third-order valence-electron chi connectivity index (χ3n) is 4.35. The van der Waals surface area contributed by atoms with E-state index in [4.69, 9.17) is 4.74 Å². The molecular formula is C20H14F3N3O2. The van der Waals surface area contributed by atoms with Crippen molar-refractivity contribution in [2.24, 2.45) is 0 Å². The number of rotatable bonds is 3. The Hall–Kier alpha value is -3.55. The average molecular weight is 385 g/mol. The van der Waals surface area contributed by atoms with Crippen LogP contribution in [0.3, 0.4) is 0 Å². The first-order valence-corrected chi connectivity index (χ1v) is 8.31. The van der Waals surface area contributed by atoms with Crippen LogP contribution in [0.4, 0.5) is 13.2 Å². The molecule has 0 saturated heterocycles. The molecule has 0 unspecified atom stereocenters. The molecule has 142 valence electrons. The highest BCUT2D eigenvalue weighted by molar-refractivity contribution is 5.81. The van der Waals surface area contributed by atoms with Crippen molar-refractivity contribution in [1.82, 2.24) is 14.6 Å². The molecule has 4 aromatic rings. The van der Waals surface area contributed by atoms with Gasteiger partial charge in [-0.05, 0) is 35.4 Å². The molecule has 0 radical (unpaired) electrons. The van der Waals surface area contributed by atoms with Crippen LogP contribution in [0.1, 0.15) is 5.69 Å². The van der Waals surface area contributed by atoms with Crippen molar-refractivity contribution in [3.05, 3.63) is 76.7 Å². The van der Waals surface area contributed by atoms with Gasteiger partial charge in [0.2, 0.25) is 0 Å². The summed E-state index contributed by atoms with van der Waals surface area (Å²) < 4.78 is 46.7. The Kier molecular flexibility index (Phi) is 4.18. The third kappa shape index (κ3) is 3.02. The number of nitrogens with one attached hydrogen (secondary N) is 1. The normalized spacial score (nSPS) is 11.7. The molecule has 2 aromatic carbocycles. The molecule has 0 fully saturated rings. The molecule has 2 heterocycles. The Balaban J connectivity index is 2.01. The Labute approximate surface area is 157 Å². The summed E-state index contributed by atoms with van der Waals surface area (Å²) in [5, 5.41) is 3.55. The molecule has 4 rings (SSSR count). The van der Waals surface area contributed by atoms with E-state index in [0.717, 1.165) is 4.52 Å². The highest BCUT2D eigenvalue weighted by Gasteiger charge is 2.39. The predicted octanol–water partition coefficient (Wildman–Crippen LogP) is 4.38. The van der Waals surface area contributed by atoms with Crippen LogP contribution in [-0.2, 0) is 6.18 Å². The molecule has 1 N–H and O–H groups in total. The van der Waals surface area contributed by atoms with E-state index in [1.54, 1.807) is 54.6 Å². The quantitative estimate of drug-likeness (QED) is 0.569. The van der Waals surface area contributed by atoms with E-state index >= 15 is 0 Å². The number of methoxy groups -OCH3 is 1. The fraction of sp³-hybridized carbons (Fsp3) is 0.100. The van der Waals surface area contributed by atoms with Crippen LogP contribution in [-0.4, -0.2) is 21.7 Å². The number of ether oxygens (including phenoxy) is 1. The second-order valence-corrected chi connectivity index (χ2v) is 6.10. The van der Waals surface area contributed by atoms with Gasteiger partial charge in [-0.1, -0.05) is 30.3 Å². The minimum atomic E-state index is -4.71. The van der Waals surface area contributed by atoms with E-state index in [9.17, 15) is 18.0 Å².